The summed E-state index contributed by atoms with van der Waals surface area (Å²) in [7, 11) is 1.22. The molecular formula is C8H11NO4. The number of hydrogen-bond acceptors (Lipinski definition) is 5. The van der Waals surface area contributed by atoms with Gasteiger partial charge in [0.1, 0.15) is 5.76 Å². The summed E-state index contributed by atoms with van der Waals surface area (Å²) in [6, 6.07) is 1.66. The van der Waals surface area contributed by atoms with Gasteiger partial charge in [-0.2, -0.15) is 0 Å². The molecule has 0 aliphatic carbocycles. The van der Waals surface area contributed by atoms with Gasteiger partial charge in [0.2, 0.25) is 0 Å². The zero-order valence-electron chi connectivity index (χ0n) is 7.48. The predicted molar refractivity (Wildman–Crippen MR) is 43.0 cm³/mol. The van der Waals surface area contributed by atoms with Crippen LogP contribution in [0.2, 0.25) is 0 Å². The molecular weight excluding hydrogens is 174 g/mol. The van der Waals surface area contributed by atoms with Crippen LogP contribution in [-0.4, -0.2) is 29.4 Å². The number of carbonyl (C=O) groups excluding carboxylic acids is 1. The fraction of sp³-hybridized carbons (Fsp3) is 0.500. The SMILES string of the molecule is COC(=O)C(O)Cc1cc(C)no1. The summed E-state index contributed by atoms with van der Waals surface area (Å²) in [6.07, 6.45) is -1.09. The van der Waals surface area contributed by atoms with Gasteiger partial charge >= 0.3 is 5.97 Å². The van der Waals surface area contributed by atoms with Crippen molar-refractivity contribution in [1.29, 1.82) is 0 Å². The number of aromatic nitrogens is 1. The summed E-state index contributed by atoms with van der Waals surface area (Å²) in [5.41, 5.74) is 0.715. The lowest BCUT2D eigenvalue weighted by Crippen LogP contribution is -2.23. The molecule has 1 aromatic rings. The van der Waals surface area contributed by atoms with Gasteiger partial charge in [0, 0.05) is 12.5 Å². The summed E-state index contributed by atoms with van der Waals surface area (Å²) >= 11 is 0. The maximum Gasteiger partial charge on any atom is 0.335 e. The van der Waals surface area contributed by atoms with E-state index in [0.717, 1.165) is 0 Å². The number of carbonyl (C=O) groups is 1. The Morgan fingerprint density at radius 1 is 1.85 bits per heavy atom. The minimum atomic E-state index is -1.18. The zero-order valence-corrected chi connectivity index (χ0v) is 7.48. The zero-order chi connectivity index (χ0) is 9.84. The standard InChI is InChI=1S/C8H11NO4/c1-5-3-6(13-9-5)4-7(10)8(11)12-2/h3,7,10H,4H2,1-2H3. The van der Waals surface area contributed by atoms with Crippen molar-refractivity contribution in [3.8, 4) is 0 Å². The molecule has 0 aromatic carbocycles. The van der Waals surface area contributed by atoms with Gasteiger partial charge in [0.25, 0.3) is 0 Å². The molecule has 0 bridgehead atoms. The first kappa shape index (κ1) is 9.73. The van der Waals surface area contributed by atoms with Crippen molar-refractivity contribution in [2.24, 2.45) is 0 Å². The molecule has 0 amide bonds. The van der Waals surface area contributed by atoms with Crippen molar-refractivity contribution in [3.05, 3.63) is 17.5 Å². The van der Waals surface area contributed by atoms with Crippen LogP contribution in [0.3, 0.4) is 0 Å². The van der Waals surface area contributed by atoms with Gasteiger partial charge in [-0.1, -0.05) is 5.16 Å². The number of ether oxygens (including phenoxy) is 1. The highest BCUT2D eigenvalue weighted by Gasteiger charge is 2.17. The summed E-state index contributed by atoms with van der Waals surface area (Å²) in [4.78, 5) is 10.8. The minimum absolute atomic E-state index is 0.0908. The Hall–Kier alpha value is -1.36. The molecule has 1 aromatic heterocycles. The average molecular weight is 185 g/mol. The van der Waals surface area contributed by atoms with Gasteiger partial charge in [-0.3, -0.25) is 0 Å². The predicted octanol–water partition coefficient (Wildman–Crippen LogP) is 0.0594. The van der Waals surface area contributed by atoms with Crippen molar-refractivity contribution in [2.75, 3.05) is 7.11 Å². The molecule has 5 nitrogen and oxygen atoms in total. The summed E-state index contributed by atoms with van der Waals surface area (Å²) in [5.74, 6) is -0.204. The maximum atomic E-state index is 10.8. The van der Waals surface area contributed by atoms with Crippen LogP contribution >= 0.6 is 0 Å². The van der Waals surface area contributed by atoms with E-state index in [1.54, 1.807) is 13.0 Å². The van der Waals surface area contributed by atoms with E-state index >= 15 is 0 Å². The lowest BCUT2D eigenvalue weighted by molar-refractivity contribution is -0.150. The number of rotatable bonds is 3. The molecule has 1 rings (SSSR count). The van der Waals surface area contributed by atoms with Crippen molar-refractivity contribution >= 4 is 5.97 Å². The monoisotopic (exact) mass is 185 g/mol. The van der Waals surface area contributed by atoms with Crippen LogP contribution in [0.15, 0.2) is 10.6 Å². The largest absolute Gasteiger partial charge is 0.467 e. The third-order valence-electron chi connectivity index (χ3n) is 1.54. The molecule has 0 aliphatic rings. The number of aliphatic hydroxyl groups is 1. The highest BCUT2D eigenvalue weighted by Crippen LogP contribution is 2.06. The molecule has 5 heteroatoms. The van der Waals surface area contributed by atoms with Crippen LogP contribution in [0, 0.1) is 6.92 Å². The summed E-state index contributed by atoms with van der Waals surface area (Å²) < 4.78 is 9.15. The molecule has 0 fully saturated rings. The molecule has 72 valence electrons. The van der Waals surface area contributed by atoms with E-state index in [4.69, 9.17) is 4.52 Å². The van der Waals surface area contributed by atoms with E-state index < -0.39 is 12.1 Å². The van der Waals surface area contributed by atoms with Crippen LogP contribution in [0.25, 0.3) is 0 Å². The highest BCUT2D eigenvalue weighted by molar-refractivity contribution is 5.74. The van der Waals surface area contributed by atoms with Crippen LogP contribution in [0.4, 0.5) is 0 Å². The Morgan fingerprint density at radius 3 is 3.00 bits per heavy atom. The van der Waals surface area contributed by atoms with Gasteiger partial charge in [-0.05, 0) is 6.92 Å². The lowest BCUT2D eigenvalue weighted by atomic mass is 10.2. The number of nitrogens with zero attached hydrogens (tertiary/aromatic N) is 1. The molecule has 1 N–H and O–H groups in total. The fourth-order valence-electron chi connectivity index (χ4n) is 0.922. The second-order valence-corrected chi connectivity index (χ2v) is 2.68. The first-order valence-corrected chi connectivity index (χ1v) is 3.81. The Kier molecular flexibility index (Phi) is 3.02. The molecule has 1 unspecified atom stereocenters. The molecule has 0 saturated carbocycles. The molecule has 1 heterocycles. The highest BCUT2D eigenvalue weighted by atomic mass is 16.5. The van der Waals surface area contributed by atoms with E-state index in [1.165, 1.54) is 7.11 Å². The first-order chi connectivity index (χ1) is 6.13. The van der Waals surface area contributed by atoms with Crippen LogP contribution < -0.4 is 0 Å². The third kappa shape index (κ3) is 2.55. The van der Waals surface area contributed by atoms with Gasteiger partial charge in [0.05, 0.1) is 12.8 Å². The summed E-state index contributed by atoms with van der Waals surface area (Å²) in [5, 5.41) is 12.8. The van der Waals surface area contributed by atoms with Gasteiger partial charge in [-0.15, -0.1) is 0 Å². The second-order valence-electron chi connectivity index (χ2n) is 2.68. The van der Waals surface area contributed by atoms with Crippen LogP contribution in [0.5, 0.6) is 0 Å². The molecule has 0 radical (unpaired) electrons. The Morgan fingerprint density at radius 2 is 2.54 bits per heavy atom. The van der Waals surface area contributed by atoms with Crippen molar-refractivity contribution in [1.82, 2.24) is 5.16 Å². The maximum absolute atomic E-state index is 10.8. The van der Waals surface area contributed by atoms with Crippen molar-refractivity contribution < 1.29 is 19.2 Å². The number of esters is 1. The normalized spacial score (nSPS) is 12.5. The van der Waals surface area contributed by atoms with Crippen molar-refractivity contribution in [2.45, 2.75) is 19.4 Å². The van der Waals surface area contributed by atoms with Gasteiger partial charge in [-0.25, -0.2) is 4.79 Å². The number of aryl methyl sites for hydroxylation is 1. The van der Waals surface area contributed by atoms with E-state index in [1.807, 2.05) is 0 Å². The second kappa shape index (κ2) is 4.04. The molecule has 0 saturated heterocycles. The third-order valence-corrected chi connectivity index (χ3v) is 1.54. The quantitative estimate of drug-likeness (QED) is 0.674. The molecule has 1 atom stereocenters. The van der Waals surface area contributed by atoms with Gasteiger partial charge in [0.15, 0.2) is 6.10 Å². The molecule has 0 aliphatic heterocycles. The lowest BCUT2D eigenvalue weighted by Gasteiger charge is -2.04. The average Bonchev–Trinajstić information content (AvgIpc) is 2.49. The van der Waals surface area contributed by atoms with Crippen LogP contribution in [0.1, 0.15) is 11.5 Å². The fourth-order valence-corrected chi connectivity index (χ4v) is 0.922. The Labute approximate surface area is 75.3 Å². The first-order valence-electron chi connectivity index (χ1n) is 3.81. The summed E-state index contributed by atoms with van der Waals surface area (Å²) in [6.45, 7) is 1.76. The molecule has 13 heavy (non-hydrogen) atoms. The number of hydrogen-bond donors (Lipinski definition) is 1. The van der Waals surface area contributed by atoms with Crippen molar-refractivity contribution in [3.63, 3.8) is 0 Å². The molecule has 0 spiro atoms. The van der Waals surface area contributed by atoms with Gasteiger partial charge < -0.3 is 14.4 Å². The van der Waals surface area contributed by atoms with E-state index in [-0.39, 0.29) is 6.42 Å². The van der Waals surface area contributed by atoms with E-state index in [2.05, 4.69) is 9.89 Å². The number of methoxy groups -OCH3 is 1. The Balaban J connectivity index is 2.54. The number of aliphatic hydroxyl groups excluding tert-OH is 1. The van der Waals surface area contributed by atoms with E-state index in [9.17, 15) is 9.90 Å². The smallest absolute Gasteiger partial charge is 0.335 e. The Bertz CT molecular complexity index is 294. The van der Waals surface area contributed by atoms with Crippen LogP contribution in [-0.2, 0) is 16.0 Å². The minimum Gasteiger partial charge on any atom is -0.467 e. The van der Waals surface area contributed by atoms with E-state index in [0.29, 0.717) is 11.5 Å². The topological polar surface area (TPSA) is 72.6 Å².